The second kappa shape index (κ2) is 7.54. The molecular weight excluding hydrogens is 343 g/mol. The highest BCUT2D eigenvalue weighted by molar-refractivity contribution is 7.80. The summed E-state index contributed by atoms with van der Waals surface area (Å²) in [5.74, 6) is 1.32. The number of rotatable bonds is 4. The van der Waals surface area contributed by atoms with Crippen molar-refractivity contribution < 1.29 is 9.47 Å². The molecule has 0 fully saturated rings. The average molecular weight is 357 g/mol. The number of ether oxygens (including phenoxy) is 2. The Morgan fingerprint density at radius 2 is 1.64 bits per heavy atom. The van der Waals surface area contributed by atoms with Gasteiger partial charge in [0.1, 0.15) is 11.5 Å². The van der Waals surface area contributed by atoms with Crippen molar-refractivity contribution >= 4 is 51.9 Å². The number of hydrogen-bond acceptors (Lipinski definition) is 3. The zero-order chi connectivity index (χ0) is 16.1. The summed E-state index contributed by atoms with van der Waals surface area (Å²) in [4.78, 5) is 0. The summed E-state index contributed by atoms with van der Waals surface area (Å²) in [5, 5.41) is 7.29. The number of halogens is 2. The third-order valence-electron chi connectivity index (χ3n) is 2.81. The highest BCUT2D eigenvalue weighted by Gasteiger charge is 2.07. The molecule has 0 unspecified atom stereocenters. The first-order chi connectivity index (χ1) is 10.5. The molecule has 116 valence electrons. The molecule has 0 amide bonds. The van der Waals surface area contributed by atoms with Crippen molar-refractivity contribution in [2.45, 2.75) is 0 Å². The zero-order valence-electron chi connectivity index (χ0n) is 11.9. The minimum Gasteiger partial charge on any atom is -0.497 e. The lowest BCUT2D eigenvalue weighted by atomic mass is 10.3. The fourth-order valence-electron chi connectivity index (χ4n) is 1.76. The van der Waals surface area contributed by atoms with Crippen molar-refractivity contribution in [3.05, 3.63) is 46.4 Å². The molecule has 0 atom stereocenters. The summed E-state index contributed by atoms with van der Waals surface area (Å²) in [6.45, 7) is 0. The average Bonchev–Trinajstić information content (AvgIpc) is 2.51. The second-order valence-corrected chi connectivity index (χ2v) is 5.48. The van der Waals surface area contributed by atoms with E-state index in [4.69, 9.17) is 44.9 Å². The van der Waals surface area contributed by atoms with Crippen LogP contribution < -0.4 is 20.1 Å². The molecule has 7 heteroatoms. The van der Waals surface area contributed by atoms with Crippen molar-refractivity contribution in [1.82, 2.24) is 0 Å². The standard InChI is InChI=1S/C15H14Cl2N2O2S/c1-20-10-6-9(7-11(8-10)21-2)18-15(22)19-13-5-3-4-12(16)14(13)17/h3-8H,1-2H3,(H2,18,19,22). The molecule has 4 nitrogen and oxygen atoms in total. The smallest absolute Gasteiger partial charge is 0.175 e. The monoisotopic (exact) mass is 356 g/mol. The van der Waals surface area contributed by atoms with Gasteiger partial charge in [-0.1, -0.05) is 29.3 Å². The first-order valence-electron chi connectivity index (χ1n) is 6.28. The summed E-state index contributed by atoms with van der Waals surface area (Å²) >= 11 is 17.4. The van der Waals surface area contributed by atoms with Gasteiger partial charge in [0.25, 0.3) is 0 Å². The van der Waals surface area contributed by atoms with Gasteiger partial charge in [0, 0.05) is 23.9 Å². The minimum absolute atomic E-state index is 0.375. The topological polar surface area (TPSA) is 42.5 Å². The highest BCUT2D eigenvalue weighted by Crippen LogP contribution is 2.30. The fraction of sp³-hybridized carbons (Fsp3) is 0.133. The number of methoxy groups -OCH3 is 2. The Bertz CT molecular complexity index is 673. The number of nitrogens with one attached hydrogen (secondary N) is 2. The van der Waals surface area contributed by atoms with Crippen LogP contribution in [0.5, 0.6) is 11.5 Å². The molecule has 0 aliphatic rings. The van der Waals surface area contributed by atoms with Crippen molar-refractivity contribution in [2.75, 3.05) is 24.9 Å². The van der Waals surface area contributed by atoms with Crippen LogP contribution in [0, 0.1) is 0 Å². The predicted molar refractivity (Wildman–Crippen MR) is 95.9 cm³/mol. The molecule has 0 saturated heterocycles. The third-order valence-corrected chi connectivity index (χ3v) is 3.83. The summed E-state index contributed by atoms with van der Waals surface area (Å²) in [7, 11) is 3.17. The van der Waals surface area contributed by atoms with Crippen LogP contribution in [0.3, 0.4) is 0 Å². The van der Waals surface area contributed by atoms with Crippen LogP contribution in [0.25, 0.3) is 0 Å². The molecule has 0 saturated carbocycles. The lowest BCUT2D eigenvalue weighted by Crippen LogP contribution is -2.19. The van der Waals surface area contributed by atoms with E-state index < -0.39 is 0 Å². The molecule has 2 rings (SSSR count). The van der Waals surface area contributed by atoms with Crippen molar-refractivity contribution in [3.8, 4) is 11.5 Å². The zero-order valence-corrected chi connectivity index (χ0v) is 14.3. The fourth-order valence-corrected chi connectivity index (χ4v) is 2.34. The Hall–Kier alpha value is -1.69. The largest absolute Gasteiger partial charge is 0.497 e. The Kier molecular flexibility index (Phi) is 5.71. The SMILES string of the molecule is COc1cc(NC(=S)Nc2cccc(Cl)c2Cl)cc(OC)c1. The van der Waals surface area contributed by atoms with Crippen LogP contribution in [0.1, 0.15) is 0 Å². The Morgan fingerprint density at radius 1 is 1.00 bits per heavy atom. The maximum Gasteiger partial charge on any atom is 0.175 e. The van der Waals surface area contributed by atoms with Crippen LogP contribution in [0.4, 0.5) is 11.4 Å². The first-order valence-corrected chi connectivity index (χ1v) is 7.45. The van der Waals surface area contributed by atoms with E-state index in [2.05, 4.69) is 10.6 Å². The van der Waals surface area contributed by atoms with E-state index in [1.807, 2.05) is 0 Å². The van der Waals surface area contributed by atoms with Crippen LogP contribution in [0.15, 0.2) is 36.4 Å². The number of benzene rings is 2. The summed E-state index contributed by atoms with van der Waals surface area (Å²) < 4.78 is 10.4. The number of thiocarbonyl (C=S) groups is 1. The van der Waals surface area contributed by atoms with Gasteiger partial charge in [-0.3, -0.25) is 0 Å². The van der Waals surface area contributed by atoms with E-state index in [0.29, 0.717) is 32.3 Å². The van der Waals surface area contributed by atoms with E-state index >= 15 is 0 Å². The minimum atomic E-state index is 0.375. The van der Waals surface area contributed by atoms with E-state index in [9.17, 15) is 0 Å². The van der Waals surface area contributed by atoms with Crippen LogP contribution in [-0.4, -0.2) is 19.3 Å². The van der Waals surface area contributed by atoms with Gasteiger partial charge < -0.3 is 20.1 Å². The predicted octanol–water partition coefficient (Wildman–Crippen LogP) is 4.82. The Morgan fingerprint density at radius 3 is 2.23 bits per heavy atom. The van der Waals surface area contributed by atoms with Gasteiger partial charge in [0.15, 0.2) is 5.11 Å². The highest BCUT2D eigenvalue weighted by atomic mass is 35.5. The van der Waals surface area contributed by atoms with Crippen molar-refractivity contribution in [2.24, 2.45) is 0 Å². The molecule has 0 aliphatic heterocycles. The van der Waals surface area contributed by atoms with E-state index in [-0.39, 0.29) is 0 Å². The summed E-state index contributed by atoms with van der Waals surface area (Å²) in [6.07, 6.45) is 0. The molecule has 2 aromatic rings. The van der Waals surface area contributed by atoms with Gasteiger partial charge >= 0.3 is 0 Å². The van der Waals surface area contributed by atoms with Gasteiger partial charge in [-0.2, -0.15) is 0 Å². The van der Waals surface area contributed by atoms with Gasteiger partial charge in [0.05, 0.1) is 30.0 Å². The molecule has 0 aromatic heterocycles. The maximum atomic E-state index is 6.11. The second-order valence-electron chi connectivity index (χ2n) is 4.28. The summed E-state index contributed by atoms with van der Waals surface area (Å²) in [5.41, 5.74) is 1.35. The maximum absolute atomic E-state index is 6.11. The molecule has 0 spiro atoms. The lowest BCUT2D eigenvalue weighted by Gasteiger charge is -2.14. The molecule has 22 heavy (non-hydrogen) atoms. The normalized spacial score (nSPS) is 10.0. The van der Waals surface area contributed by atoms with Crippen LogP contribution in [-0.2, 0) is 0 Å². The Balaban J connectivity index is 2.13. The molecule has 0 radical (unpaired) electrons. The van der Waals surface area contributed by atoms with E-state index in [0.717, 1.165) is 5.69 Å². The van der Waals surface area contributed by atoms with Crippen molar-refractivity contribution in [3.63, 3.8) is 0 Å². The molecule has 0 aliphatic carbocycles. The van der Waals surface area contributed by atoms with Crippen LogP contribution in [0.2, 0.25) is 10.0 Å². The molecule has 0 heterocycles. The molecule has 2 aromatic carbocycles. The Labute approximate surface area is 144 Å². The molecule has 0 bridgehead atoms. The lowest BCUT2D eigenvalue weighted by molar-refractivity contribution is 0.395. The quantitative estimate of drug-likeness (QED) is 0.768. The van der Waals surface area contributed by atoms with Crippen LogP contribution >= 0.6 is 35.4 Å². The number of hydrogen-bond donors (Lipinski definition) is 2. The number of anilines is 2. The van der Waals surface area contributed by atoms with Gasteiger partial charge in [-0.05, 0) is 24.4 Å². The van der Waals surface area contributed by atoms with E-state index in [1.165, 1.54) is 0 Å². The van der Waals surface area contributed by atoms with E-state index in [1.54, 1.807) is 50.6 Å². The van der Waals surface area contributed by atoms with Crippen molar-refractivity contribution in [1.29, 1.82) is 0 Å². The van der Waals surface area contributed by atoms with Gasteiger partial charge in [0.2, 0.25) is 0 Å². The third kappa shape index (κ3) is 4.16. The van der Waals surface area contributed by atoms with Gasteiger partial charge in [-0.15, -0.1) is 0 Å². The summed E-state index contributed by atoms with van der Waals surface area (Å²) in [6, 6.07) is 10.7. The first kappa shape index (κ1) is 16.7. The molecular formula is C15H14Cl2N2O2S. The molecule has 2 N–H and O–H groups in total. The van der Waals surface area contributed by atoms with Gasteiger partial charge in [-0.25, -0.2) is 0 Å².